The second kappa shape index (κ2) is 56.9. The molecule has 0 aromatic carbocycles. The first-order chi connectivity index (χ1) is 34.0. The van der Waals surface area contributed by atoms with Gasteiger partial charge >= 0.3 is 17.9 Å². The van der Waals surface area contributed by atoms with Gasteiger partial charge in [0.15, 0.2) is 6.10 Å². The summed E-state index contributed by atoms with van der Waals surface area (Å²) in [6.45, 7) is 6.46. The van der Waals surface area contributed by atoms with E-state index in [1.165, 1.54) is 122 Å². The number of unbranched alkanes of at least 4 members (excludes halogenated alkanes) is 24. The van der Waals surface area contributed by atoms with Crippen molar-refractivity contribution in [1.29, 1.82) is 0 Å². The monoisotopic (exact) mass is 959 g/mol. The second-order valence-corrected chi connectivity index (χ2v) is 18.8. The maximum Gasteiger partial charge on any atom is 0.306 e. The molecule has 1 atom stereocenters. The highest BCUT2D eigenvalue weighted by molar-refractivity contribution is 5.71. The second-order valence-electron chi connectivity index (χ2n) is 18.8. The predicted octanol–water partition coefficient (Wildman–Crippen LogP) is 19.3. The van der Waals surface area contributed by atoms with Crippen LogP contribution in [0.3, 0.4) is 0 Å². The van der Waals surface area contributed by atoms with E-state index in [1.54, 1.807) is 0 Å². The molecule has 0 rings (SSSR count). The average molecular weight is 960 g/mol. The molecule has 0 radical (unpaired) electrons. The lowest BCUT2D eigenvalue weighted by atomic mass is 10.1. The molecule has 0 fully saturated rings. The maximum absolute atomic E-state index is 12.9. The molecule has 0 aliphatic carbocycles. The number of carbonyl (C=O) groups excluding carboxylic acids is 3. The average Bonchev–Trinajstić information content (AvgIpc) is 3.35. The fourth-order valence-electron chi connectivity index (χ4n) is 7.77. The summed E-state index contributed by atoms with van der Waals surface area (Å²) in [6.07, 6.45) is 75.4. The van der Waals surface area contributed by atoms with Crippen molar-refractivity contribution >= 4 is 17.9 Å². The van der Waals surface area contributed by atoms with Crippen LogP contribution in [0.5, 0.6) is 0 Å². The van der Waals surface area contributed by atoms with Crippen LogP contribution < -0.4 is 0 Å². The summed E-state index contributed by atoms with van der Waals surface area (Å²) in [6, 6.07) is 0. The summed E-state index contributed by atoms with van der Waals surface area (Å²) in [5.41, 5.74) is 0. The van der Waals surface area contributed by atoms with E-state index in [1.807, 2.05) is 0 Å². The Kier molecular flexibility index (Phi) is 53.9. The first kappa shape index (κ1) is 65.3. The van der Waals surface area contributed by atoms with Crippen molar-refractivity contribution in [3.8, 4) is 0 Å². The molecule has 0 bridgehead atoms. The van der Waals surface area contributed by atoms with Crippen molar-refractivity contribution in [1.82, 2.24) is 0 Å². The summed E-state index contributed by atoms with van der Waals surface area (Å²) < 4.78 is 16.8. The van der Waals surface area contributed by atoms with E-state index in [0.29, 0.717) is 19.3 Å². The molecule has 1 unspecified atom stereocenters. The van der Waals surface area contributed by atoms with Crippen LogP contribution >= 0.6 is 0 Å². The molecule has 0 saturated carbocycles. The lowest BCUT2D eigenvalue weighted by Crippen LogP contribution is -2.30. The van der Waals surface area contributed by atoms with E-state index in [-0.39, 0.29) is 31.1 Å². The van der Waals surface area contributed by atoms with Gasteiger partial charge in [0.05, 0.1) is 0 Å². The molecule has 0 amide bonds. The van der Waals surface area contributed by atoms with Crippen molar-refractivity contribution in [3.63, 3.8) is 0 Å². The fraction of sp³-hybridized carbons (Fsp3) is 0.698. The molecular formula is C63H106O6. The van der Waals surface area contributed by atoms with E-state index in [0.717, 1.165) is 103 Å². The molecule has 0 aromatic heterocycles. The molecule has 6 heteroatoms. The lowest BCUT2D eigenvalue weighted by Gasteiger charge is -2.18. The van der Waals surface area contributed by atoms with Crippen molar-refractivity contribution in [2.45, 2.75) is 271 Å². The van der Waals surface area contributed by atoms with Gasteiger partial charge in [-0.3, -0.25) is 14.4 Å². The number of ether oxygens (including phenoxy) is 3. The zero-order chi connectivity index (χ0) is 50.0. The van der Waals surface area contributed by atoms with Crippen molar-refractivity contribution in [3.05, 3.63) is 97.2 Å². The number of allylic oxidation sites excluding steroid dienone is 16. The van der Waals surface area contributed by atoms with Gasteiger partial charge in [-0.1, -0.05) is 240 Å². The highest BCUT2D eigenvalue weighted by Crippen LogP contribution is 2.15. The van der Waals surface area contributed by atoms with Crippen LogP contribution in [0.15, 0.2) is 97.2 Å². The molecule has 0 aliphatic heterocycles. The summed E-state index contributed by atoms with van der Waals surface area (Å²) in [5.74, 6) is -0.939. The van der Waals surface area contributed by atoms with E-state index in [2.05, 4.69) is 118 Å². The SMILES string of the molecule is CC/C=C\C/C=C\C/C=C\C/C=C\C/C=C\C/C=C\CCCCC(=O)OCC(COC(=O)CCCCCCCCCCCCC)OC(=O)CCCCCCCCCCC/C=C\C/C=C\CCCCC. The summed E-state index contributed by atoms with van der Waals surface area (Å²) >= 11 is 0. The Labute approximate surface area is 426 Å². The Balaban J connectivity index is 4.43. The molecular weight excluding hydrogens is 853 g/mol. The number of carbonyl (C=O) groups is 3. The van der Waals surface area contributed by atoms with Gasteiger partial charge in [0, 0.05) is 19.3 Å². The molecule has 394 valence electrons. The third-order valence-corrected chi connectivity index (χ3v) is 12.1. The normalized spacial score (nSPS) is 12.8. The molecule has 0 aliphatic rings. The van der Waals surface area contributed by atoms with Crippen LogP contribution in [0.4, 0.5) is 0 Å². The quantitative estimate of drug-likeness (QED) is 0.0262. The number of rotatable bonds is 51. The molecule has 0 heterocycles. The van der Waals surface area contributed by atoms with E-state index in [4.69, 9.17) is 14.2 Å². The minimum atomic E-state index is -0.797. The van der Waals surface area contributed by atoms with Crippen LogP contribution in [0, 0.1) is 0 Å². The van der Waals surface area contributed by atoms with Gasteiger partial charge in [0.2, 0.25) is 0 Å². The highest BCUT2D eigenvalue weighted by Gasteiger charge is 2.19. The molecule has 6 nitrogen and oxygen atoms in total. The first-order valence-electron chi connectivity index (χ1n) is 28.7. The molecule has 0 aromatic rings. The van der Waals surface area contributed by atoms with Gasteiger partial charge in [0.1, 0.15) is 13.2 Å². The zero-order valence-electron chi connectivity index (χ0n) is 45.0. The van der Waals surface area contributed by atoms with Crippen LogP contribution in [0.2, 0.25) is 0 Å². The van der Waals surface area contributed by atoms with Gasteiger partial charge in [-0.2, -0.15) is 0 Å². The molecule has 0 saturated heterocycles. The summed E-state index contributed by atoms with van der Waals surface area (Å²) in [5, 5.41) is 0. The first-order valence-corrected chi connectivity index (χ1v) is 28.7. The Morgan fingerprint density at radius 2 is 0.565 bits per heavy atom. The smallest absolute Gasteiger partial charge is 0.306 e. The largest absolute Gasteiger partial charge is 0.462 e. The Morgan fingerprint density at radius 1 is 0.304 bits per heavy atom. The lowest BCUT2D eigenvalue weighted by molar-refractivity contribution is -0.167. The van der Waals surface area contributed by atoms with Gasteiger partial charge in [-0.15, -0.1) is 0 Å². The van der Waals surface area contributed by atoms with Gasteiger partial charge in [-0.25, -0.2) is 0 Å². The Morgan fingerprint density at radius 3 is 0.942 bits per heavy atom. The van der Waals surface area contributed by atoms with Crippen LogP contribution in [-0.4, -0.2) is 37.2 Å². The van der Waals surface area contributed by atoms with Gasteiger partial charge in [0.25, 0.3) is 0 Å². The number of esters is 3. The summed E-state index contributed by atoms with van der Waals surface area (Å²) in [4.78, 5) is 38.1. The zero-order valence-corrected chi connectivity index (χ0v) is 45.0. The van der Waals surface area contributed by atoms with Crippen molar-refractivity contribution < 1.29 is 28.6 Å². The highest BCUT2D eigenvalue weighted by atomic mass is 16.6. The standard InChI is InChI=1S/C63H106O6/c1-4-7-10-13-16-19-22-24-26-28-30-31-33-34-36-38-41-44-47-50-53-56-62(65)68-59-60(58-67-61(64)55-52-49-46-43-40-21-18-15-12-9-6-3)69-63(66)57-54-51-48-45-42-39-37-35-32-29-27-25-23-20-17-14-11-8-5-2/h7,10,16-17,19-20,24-27,30-31,34,36,41,44,60H,4-6,8-9,11-15,18,21-23,28-29,32-33,35,37-40,42-43,45-59H2,1-3H3/b10-7-,19-16-,20-17-,26-24-,27-25-,31-30-,36-34-,44-41-. The van der Waals surface area contributed by atoms with Crippen LogP contribution in [0.1, 0.15) is 265 Å². The Hall–Kier alpha value is -3.67. The van der Waals surface area contributed by atoms with E-state index in [9.17, 15) is 14.4 Å². The van der Waals surface area contributed by atoms with E-state index >= 15 is 0 Å². The number of hydrogen-bond donors (Lipinski definition) is 0. The Bertz CT molecular complexity index is 1380. The van der Waals surface area contributed by atoms with Gasteiger partial charge < -0.3 is 14.2 Å². The minimum absolute atomic E-state index is 0.0919. The third-order valence-electron chi connectivity index (χ3n) is 12.1. The maximum atomic E-state index is 12.9. The topological polar surface area (TPSA) is 78.9 Å². The minimum Gasteiger partial charge on any atom is -0.462 e. The van der Waals surface area contributed by atoms with Crippen LogP contribution in [0.25, 0.3) is 0 Å². The molecule has 0 N–H and O–H groups in total. The summed E-state index contributed by atoms with van der Waals surface area (Å²) in [7, 11) is 0. The van der Waals surface area contributed by atoms with Crippen molar-refractivity contribution in [2.24, 2.45) is 0 Å². The molecule has 69 heavy (non-hydrogen) atoms. The number of hydrogen-bond acceptors (Lipinski definition) is 6. The predicted molar refractivity (Wildman–Crippen MR) is 297 cm³/mol. The van der Waals surface area contributed by atoms with Gasteiger partial charge in [-0.05, 0) is 103 Å². The van der Waals surface area contributed by atoms with E-state index < -0.39 is 6.10 Å². The fourth-order valence-corrected chi connectivity index (χ4v) is 7.77. The third kappa shape index (κ3) is 55.1. The van der Waals surface area contributed by atoms with Crippen LogP contribution in [-0.2, 0) is 28.6 Å². The molecule has 0 spiro atoms. The van der Waals surface area contributed by atoms with Crippen molar-refractivity contribution in [2.75, 3.05) is 13.2 Å².